The SMILES string of the molecule is CO[C@@H]1[C@H](OC)[C@@H](CO[PH](=O)O)O[C@H]1n1cnc2c(NC(c3ccccc3)(c3ccccc3)c3ccccc3)ncnc21. The van der Waals surface area contributed by atoms with Crippen LogP contribution in [0.2, 0.25) is 0 Å². The van der Waals surface area contributed by atoms with Crippen molar-refractivity contribution in [2.45, 2.75) is 30.1 Å². The van der Waals surface area contributed by atoms with Gasteiger partial charge in [-0.05, 0) is 16.7 Å². The molecule has 0 saturated carbocycles. The van der Waals surface area contributed by atoms with Gasteiger partial charge in [0, 0.05) is 14.2 Å². The van der Waals surface area contributed by atoms with Crippen molar-refractivity contribution in [1.29, 1.82) is 0 Å². The monoisotopic (exact) mass is 601 g/mol. The fourth-order valence-corrected chi connectivity index (χ4v) is 6.15. The summed E-state index contributed by atoms with van der Waals surface area (Å²) in [6.07, 6.45) is 0.633. The largest absolute Gasteiger partial charge is 0.376 e. The average molecular weight is 602 g/mol. The lowest BCUT2D eigenvalue weighted by Gasteiger charge is -2.37. The lowest BCUT2D eigenvalue weighted by Crippen LogP contribution is -2.38. The number of nitrogens with zero attached hydrogens (tertiary/aromatic N) is 4. The van der Waals surface area contributed by atoms with Crippen LogP contribution < -0.4 is 5.32 Å². The molecule has 3 aromatic carbocycles. The van der Waals surface area contributed by atoms with Gasteiger partial charge in [-0.3, -0.25) is 9.13 Å². The molecule has 11 nitrogen and oxygen atoms in total. The zero-order chi connectivity index (χ0) is 29.8. The standard InChI is InChI=1S/C31H32N5O6P/c1-39-26-24(18-41-43(37)38)42-30(27(26)40-2)36-20-34-25-28(32-19-33-29(25)36)35-31(21-12-6-3-7-13-21,22-14-8-4-9-15-22)23-16-10-5-11-17-23/h3-17,19-20,24,26-27,30,43H,18H2,1-2H3,(H,37,38)(H,32,33,35)/t24-,26-,27-,30-/m1/s1. The smallest absolute Gasteiger partial charge is 0.316 e. The van der Waals surface area contributed by atoms with Crippen molar-refractivity contribution in [3.05, 3.63) is 120 Å². The van der Waals surface area contributed by atoms with Gasteiger partial charge in [0.05, 0.1) is 12.9 Å². The Morgan fingerprint density at radius 1 is 0.860 bits per heavy atom. The highest BCUT2D eigenvalue weighted by atomic mass is 31.1. The third-order valence-corrected chi connectivity index (χ3v) is 8.17. The number of ether oxygens (including phenoxy) is 3. The zero-order valence-corrected chi connectivity index (χ0v) is 24.6. The molecule has 2 aromatic heterocycles. The summed E-state index contributed by atoms with van der Waals surface area (Å²) in [6.45, 7) is -0.134. The minimum absolute atomic E-state index is 0.134. The lowest BCUT2D eigenvalue weighted by molar-refractivity contribution is -0.0561. The number of rotatable bonds is 11. The van der Waals surface area contributed by atoms with Gasteiger partial charge in [-0.1, -0.05) is 91.0 Å². The maximum Gasteiger partial charge on any atom is 0.316 e. The second-order valence-electron chi connectivity index (χ2n) is 10.1. The van der Waals surface area contributed by atoms with E-state index in [1.165, 1.54) is 13.4 Å². The van der Waals surface area contributed by atoms with Crippen LogP contribution in [0.5, 0.6) is 0 Å². The molecular weight excluding hydrogens is 569 g/mol. The summed E-state index contributed by atoms with van der Waals surface area (Å²) in [5.74, 6) is 0.523. The van der Waals surface area contributed by atoms with E-state index < -0.39 is 38.3 Å². The van der Waals surface area contributed by atoms with Crippen molar-refractivity contribution >= 4 is 25.2 Å². The number of methoxy groups -OCH3 is 2. The molecular formula is C31H32N5O6P. The highest BCUT2D eigenvalue weighted by Gasteiger charge is 2.47. The van der Waals surface area contributed by atoms with Crippen molar-refractivity contribution in [3.63, 3.8) is 0 Å². The van der Waals surface area contributed by atoms with E-state index in [2.05, 4.69) is 51.7 Å². The summed E-state index contributed by atoms with van der Waals surface area (Å²) >= 11 is 0. The van der Waals surface area contributed by atoms with Crippen molar-refractivity contribution in [1.82, 2.24) is 19.5 Å². The van der Waals surface area contributed by atoms with Crippen LogP contribution in [-0.2, 0) is 28.8 Å². The number of imidazole rings is 1. The number of aromatic nitrogens is 4. The Bertz CT molecular complexity index is 1580. The van der Waals surface area contributed by atoms with Crippen LogP contribution in [0.25, 0.3) is 11.2 Å². The molecule has 43 heavy (non-hydrogen) atoms. The number of nitrogens with one attached hydrogen (secondary N) is 1. The lowest BCUT2D eigenvalue weighted by atomic mass is 9.77. The van der Waals surface area contributed by atoms with Crippen LogP contribution in [0.15, 0.2) is 104 Å². The fraction of sp³-hybridized carbons (Fsp3) is 0.258. The van der Waals surface area contributed by atoms with Gasteiger partial charge in [0.2, 0.25) is 0 Å². The predicted molar refractivity (Wildman–Crippen MR) is 161 cm³/mol. The zero-order valence-electron chi connectivity index (χ0n) is 23.6. The Balaban J connectivity index is 1.46. The first-order valence-electron chi connectivity index (χ1n) is 13.8. The van der Waals surface area contributed by atoms with Gasteiger partial charge >= 0.3 is 8.25 Å². The van der Waals surface area contributed by atoms with Crippen LogP contribution in [0.4, 0.5) is 5.82 Å². The topological polar surface area (TPSA) is 130 Å². The molecule has 0 radical (unpaired) electrons. The number of benzene rings is 3. The van der Waals surface area contributed by atoms with Gasteiger partial charge in [0.25, 0.3) is 0 Å². The second-order valence-corrected chi connectivity index (χ2v) is 10.9. The third kappa shape index (κ3) is 5.47. The van der Waals surface area contributed by atoms with E-state index in [4.69, 9.17) is 23.7 Å². The summed E-state index contributed by atoms with van der Waals surface area (Å²) in [5, 5.41) is 3.77. The van der Waals surface area contributed by atoms with E-state index in [0.717, 1.165) is 16.7 Å². The second kappa shape index (κ2) is 12.7. The molecule has 1 aliphatic rings. The van der Waals surface area contributed by atoms with Crippen LogP contribution in [-0.4, -0.2) is 63.6 Å². The molecule has 0 aliphatic carbocycles. The van der Waals surface area contributed by atoms with E-state index in [9.17, 15) is 9.46 Å². The van der Waals surface area contributed by atoms with Gasteiger partial charge in [0.1, 0.15) is 30.2 Å². The third-order valence-electron chi connectivity index (χ3n) is 7.76. The molecule has 222 valence electrons. The van der Waals surface area contributed by atoms with Gasteiger partial charge in [-0.2, -0.15) is 0 Å². The minimum atomic E-state index is -3.15. The minimum Gasteiger partial charge on any atom is -0.376 e. The molecule has 0 amide bonds. The number of fused-ring (bicyclic) bond motifs is 1. The summed E-state index contributed by atoms with van der Waals surface area (Å²) in [7, 11) is -0.0595. The molecule has 5 atom stereocenters. The molecule has 0 bridgehead atoms. The molecule has 1 saturated heterocycles. The van der Waals surface area contributed by atoms with Gasteiger partial charge in [0.15, 0.2) is 23.2 Å². The summed E-state index contributed by atoms with van der Waals surface area (Å²) in [6, 6.07) is 30.6. The number of hydrogen-bond acceptors (Lipinski definition) is 9. The maximum absolute atomic E-state index is 11.2. The highest BCUT2D eigenvalue weighted by molar-refractivity contribution is 7.32. The van der Waals surface area contributed by atoms with Crippen LogP contribution in [0.3, 0.4) is 0 Å². The Morgan fingerprint density at radius 2 is 1.42 bits per heavy atom. The highest BCUT2D eigenvalue weighted by Crippen LogP contribution is 2.41. The Hall–Kier alpha value is -3.96. The molecule has 12 heteroatoms. The Labute approximate surface area is 249 Å². The molecule has 3 heterocycles. The van der Waals surface area contributed by atoms with E-state index in [1.807, 2.05) is 54.6 Å². The molecule has 5 aromatic rings. The molecule has 1 unspecified atom stereocenters. The Morgan fingerprint density at radius 3 is 1.93 bits per heavy atom. The number of hydrogen-bond donors (Lipinski definition) is 2. The predicted octanol–water partition coefficient (Wildman–Crippen LogP) is 4.56. The van der Waals surface area contributed by atoms with Crippen LogP contribution in [0, 0.1) is 0 Å². The van der Waals surface area contributed by atoms with Crippen LogP contribution >= 0.6 is 8.25 Å². The first-order valence-corrected chi connectivity index (χ1v) is 15.0. The molecule has 6 rings (SSSR count). The molecule has 1 aliphatic heterocycles. The summed E-state index contributed by atoms with van der Waals surface area (Å²) < 4.78 is 35.7. The summed E-state index contributed by atoms with van der Waals surface area (Å²) in [5.41, 5.74) is 3.28. The molecule has 2 N–H and O–H groups in total. The van der Waals surface area contributed by atoms with E-state index >= 15 is 0 Å². The van der Waals surface area contributed by atoms with Crippen molar-refractivity contribution in [2.24, 2.45) is 0 Å². The van der Waals surface area contributed by atoms with Gasteiger partial charge in [-0.25, -0.2) is 15.0 Å². The quantitative estimate of drug-likeness (QED) is 0.164. The van der Waals surface area contributed by atoms with Gasteiger partial charge < -0.3 is 28.9 Å². The van der Waals surface area contributed by atoms with Gasteiger partial charge in [-0.15, -0.1) is 0 Å². The molecule has 0 spiro atoms. The first-order chi connectivity index (χ1) is 21.1. The van der Waals surface area contributed by atoms with Crippen molar-refractivity contribution < 1.29 is 28.2 Å². The van der Waals surface area contributed by atoms with E-state index in [0.29, 0.717) is 17.0 Å². The van der Waals surface area contributed by atoms with Crippen molar-refractivity contribution in [3.8, 4) is 0 Å². The fourth-order valence-electron chi connectivity index (χ4n) is 5.84. The number of anilines is 1. The van der Waals surface area contributed by atoms with E-state index in [1.54, 1.807) is 18.0 Å². The normalized spacial score (nSPS) is 21.2. The maximum atomic E-state index is 11.2. The van der Waals surface area contributed by atoms with Crippen molar-refractivity contribution in [2.75, 3.05) is 26.1 Å². The summed E-state index contributed by atoms with van der Waals surface area (Å²) in [4.78, 5) is 23.2. The Kier molecular flexibility index (Phi) is 8.62. The van der Waals surface area contributed by atoms with E-state index in [-0.39, 0.29) is 6.61 Å². The molecule has 1 fully saturated rings. The first kappa shape index (κ1) is 29.1. The van der Waals surface area contributed by atoms with Crippen LogP contribution in [0.1, 0.15) is 22.9 Å². The average Bonchev–Trinajstić information content (AvgIpc) is 3.65.